The van der Waals surface area contributed by atoms with Gasteiger partial charge >= 0.3 is 6.03 Å². The highest BCUT2D eigenvalue weighted by Gasteiger charge is 2.15. The van der Waals surface area contributed by atoms with Gasteiger partial charge in [-0.15, -0.1) is 0 Å². The predicted molar refractivity (Wildman–Crippen MR) is 59.0 cm³/mol. The van der Waals surface area contributed by atoms with E-state index in [1.807, 2.05) is 13.8 Å². The molecule has 0 aliphatic heterocycles. The Labute approximate surface area is 94.3 Å². The summed E-state index contributed by atoms with van der Waals surface area (Å²) in [6.07, 6.45) is 4.50. The van der Waals surface area contributed by atoms with E-state index in [0.717, 1.165) is 0 Å². The van der Waals surface area contributed by atoms with Crippen molar-refractivity contribution in [3.63, 3.8) is 0 Å². The summed E-state index contributed by atoms with van der Waals surface area (Å²) < 4.78 is 1.35. The first-order valence-corrected chi connectivity index (χ1v) is 5.23. The van der Waals surface area contributed by atoms with Crippen molar-refractivity contribution in [3.8, 4) is 0 Å². The van der Waals surface area contributed by atoms with E-state index in [1.54, 1.807) is 6.20 Å². The number of rotatable bonds is 4. The number of likely N-dealkylation sites (N-methyl/N-ethyl adjacent to an activating group) is 2. The third-order valence-corrected chi connectivity index (χ3v) is 2.09. The third kappa shape index (κ3) is 3.08. The molecule has 6 nitrogen and oxygen atoms in total. The normalized spacial score (nSPS) is 9.88. The number of hydrogen-bond donors (Lipinski definition) is 1. The van der Waals surface area contributed by atoms with Crippen molar-refractivity contribution in [3.05, 3.63) is 18.7 Å². The van der Waals surface area contributed by atoms with Crippen LogP contribution < -0.4 is 5.32 Å². The molecule has 0 aliphatic carbocycles. The first kappa shape index (κ1) is 12.2. The van der Waals surface area contributed by atoms with Gasteiger partial charge in [-0.2, -0.15) is 0 Å². The highest BCUT2D eigenvalue weighted by molar-refractivity contribution is 5.84. The third-order valence-electron chi connectivity index (χ3n) is 2.09. The van der Waals surface area contributed by atoms with Crippen molar-refractivity contribution in [1.82, 2.24) is 19.8 Å². The Morgan fingerprint density at radius 1 is 1.44 bits per heavy atom. The molecule has 1 aromatic heterocycles. The molecule has 1 heterocycles. The fourth-order valence-corrected chi connectivity index (χ4v) is 1.28. The molecule has 0 unspecified atom stereocenters. The van der Waals surface area contributed by atoms with Gasteiger partial charge in [0.15, 0.2) is 0 Å². The summed E-state index contributed by atoms with van der Waals surface area (Å²) in [6, 6.07) is -0.244. The van der Waals surface area contributed by atoms with E-state index in [2.05, 4.69) is 10.3 Å². The molecule has 1 rings (SSSR count). The van der Waals surface area contributed by atoms with E-state index < -0.39 is 0 Å². The first-order chi connectivity index (χ1) is 7.69. The topological polar surface area (TPSA) is 67.2 Å². The van der Waals surface area contributed by atoms with Crippen LogP contribution in [0.25, 0.3) is 0 Å². The van der Waals surface area contributed by atoms with Crippen LogP contribution in [-0.4, -0.2) is 46.0 Å². The zero-order chi connectivity index (χ0) is 12.0. The molecule has 1 N–H and O–H groups in total. The first-order valence-electron chi connectivity index (χ1n) is 5.23. The number of hydrogen-bond acceptors (Lipinski definition) is 3. The Kier molecular flexibility index (Phi) is 4.50. The van der Waals surface area contributed by atoms with Gasteiger partial charge in [0.1, 0.15) is 12.9 Å². The van der Waals surface area contributed by atoms with Crippen molar-refractivity contribution >= 4 is 11.9 Å². The summed E-state index contributed by atoms with van der Waals surface area (Å²) in [5, 5.41) is 2.65. The maximum Gasteiger partial charge on any atom is 0.329 e. The van der Waals surface area contributed by atoms with Gasteiger partial charge in [0.25, 0.3) is 0 Å². The molecular formula is C10H16N4O2. The summed E-state index contributed by atoms with van der Waals surface area (Å²) in [7, 11) is 0. The standard InChI is InChI=1S/C10H16N4O2/c1-3-12-9(15)7-13(4-2)10(16)14-6-5-11-8-14/h5-6,8H,3-4,7H2,1-2H3,(H,12,15). The molecular weight excluding hydrogens is 208 g/mol. The van der Waals surface area contributed by atoms with Crippen LogP contribution >= 0.6 is 0 Å². The van der Waals surface area contributed by atoms with Crippen LogP contribution in [0.2, 0.25) is 0 Å². The lowest BCUT2D eigenvalue weighted by atomic mass is 10.4. The second-order valence-electron chi connectivity index (χ2n) is 3.22. The van der Waals surface area contributed by atoms with Crippen molar-refractivity contribution in [2.24, 2.45) is 0 Å². The summed E-state index contributed by atoms with van der Waals surface area (Å²) >= 11 is 0. The van der Waals surface area contributed by atoms with Gasteiger partial charge in [-0.3, -0.25) is 9.36 Å². The Balaban J connectivity index is 2.61. The van der Waals surface area contributed by atoms with Crippen LogP contribution in [0.15, 0.2) is 18.7 Å². The number of imidazole rings is 1. The van der Waals surface area contributed by atoms with Gasteiger partial charge in [-0.25, -0.2) is 9.78 Å². The minimum Gasteiger partial charge on any atom is -0.355 e. The van der Waals surface area contributed by atoms with E-state index >= 15 is 0 Å². The van der Waals surface area contributed by atoms with E-state index in [1.165, 1.54) is 22.0 Å². The molecule has 1 aromatic rings. The maximum absolute atomic E-state index is 11.8. The van der Waals surface area contributed by atoms with Crippen LogP contribution in [0.5, 0.6) is 0 Å². The molecule has 0 saturated carbocycles. The molecule has 0 aliphatic rings. The summed E-state index contributed by atoms with van der Waals surface area (Å²) in [5.74, 6) is -0.155. The number of aromatic nitrogens is 2. The summed E-state index contributed by atoms with van der Waals surface area (Å²) in [4.78, 5) is 28.4. The maximum atomic E-state index is 11.8. The van der Waals surface area contributed by atoms with Crippen molar-refractivity contribution in [2.75, 3.05) is 19.6 Å². The smallest absolute Gasteiger partial charge is 0.329 e. The number of carbonyl (C=O) groups is 2. The van der Waals surface area contributed by atoms with Crippen LogP contribution in [0.1, 0.15) is 13.8 Å². The number of carbonyl (C=O) groups excluding carboxylic acids is 2. The average Bonchev–Trinajstić information content (AvgIpc) is 2.78. The number of nitrogens with zero attached hydrogens (tertiary/aromatic N) is 3. The SMILES string of the molecule is CCNC(=O)CN(CC)C(=O)n1ccnc1. The molecule has 0 fully saturated rings. The second kappa shape index (κ2) is 5.89. The summed E-state index contributed by atoms with van der Waals surface area (Å²) in [6.45, 7) is 4.78. The number of nitrogens with one attached hydrogen (secondary N) is 1. The molecule has 0 bridgehead atoms. The van der Waals surface area contributed by atoms with E-state index in [-0.39, 0.29) is 18.5 Å². The van der Waals surface area contributed by atoms with E-state index in [9.17, 15) is 9.59 Å². The van der Waals surface area contributed by atoms with Crippen molar-refractivity contribution < 1.29 is 9.59 Å². The van der Waals surface area contributed by atoms with E-state index in [4.69, 9.17) is 0 Å². The Hall–Kier alpha value is -1.85. The van der Waals surface area contributed by atoms with Gasteiger partial charge in [0, 0.05) is 25.5 Å². The lowest BCUT2D eigenvalue weighted by Gasteiger charge is -2.19. The number of amides is 2. The molecule has 16 heavy (non-hydrogen) atoms. The quantitative estimate of drug-likeness (QED) is 0.800. The second-order valence-corrected chi connectivity index (χ2v) is 3.22. The highest BCUT2D eigenvalue weighted by Crippen LogP contribution is 1.96. The van der Waals surface area contributed by atoms with Crippen molar-refractivity contribution in [2.45, 2.75) is 13.8 Å². The predicted octanol–water partition coefficient (Wildman–Crippen LogP) is 0.309. The van der Waals surface area contributed by atoms with Gasteiger partial charge < -0.3 is 10.2 Å². The minimum atomic E-state index is -0.244. The van der Waals surface area contributed by atoms with Crippen LogP contribution in [0.4, 0.5) is 4.79 Å². The largest absolute Gasteiger partial charge is 0.355 e. The summed E-state index contributed by atoms with van der Waals surface area (Å²) in [5.41, 5.74) is 0. The Morgan fingerprint density at radius 3 is 2.69 bits per heavy atom. The monoisotopic (exact) mass is 224 g/mol. The molecule has 0 aromatic carbocycles. The minimum absolute atomic E-state index is 0.0708. The highest BCUT2D eigenvalue weighted by atomic mass is 16.2. The fraction of sp³-hybridized carbons (Fsp3) is 0.500. The zero-order valence-electron chi connectivity index (χ0n) is 9.51. The van der Waals surface area contributed by atoms with Gasteiger partial charge in [0.2, 0.25) is 5.91 Å². The lowest BCUT2D eigenvalue weighted by molar-refractivity contribution is -0.121. The molecule has 0 saturated heterocycles. The van der Waals surface area contributed by atoms with Crippen molar-refractivity contribution in [1.29, 1.82) is 0 Å². The van der Waals surface area contributed by atoms with E-state index in [0.29, 0.717) is 13.1 Å². The molecule has 6 heteroatoms. The molecule has 0 atom stereocenters. The molecule has 2 amide bonds. The lowest BCUT2D eigenvalue weighted by Crippen LogP contribution is -2.42. The van der Waals surface area contributed by atoms with Gasteiger partial charge in [-0.05, 0) is 13.8 Å². The van der Waals surface area contributed by atoms with Crippen LogP contribution in [-0.2, 0) is 4.79 Å². The van der Waals surface area contributed by atoms with Gasteiger partial charge in [-0.1, -0.05) is 0 Å². The zero-order valence-corrected chi connectivity index (χ0v) is 9.51. The Bertz CT molecular complexity index is 348. The molecule has 88 valence electrons. The molecule has 0 radical (unpaired) electrons. The Morgan fingerprint density at radius 2 is 2.19 bits per heavy atom. The van der Waals surface area contributed by atoms with Gasteiger partial charge in [0.05, 0.1) is 0 Å². The molecule has 0 spiro atoms. The van der Waals surface area contributed by atoms with Crippen LogP contribution in [0, 0.1) is 0 Å². The van der Waals surface area contributed by atoms with Crippen LogP contribution in [0.3, 0.4) is 0 Å². The average molecular weight is 224 g/mol. The fourth-order valence-electron chi connectivity index (χ4n) is 1.28.